The van der Waals surface area contributed by atoms with E-state index in [0.29, 0.717) is 6.04 Å². The van der Waals surface area contributed by atoms with Crippen molar-refractivity contribution in [2.75, 3.05) is 13.1 Å². The molecule has 0 aromatic heterocycles. The highest BCUT2D eigenvalue weighted by molar-refractivity contribution is 4.97. The highest BCUT2D eigenvalue weighted by Crippen LogP contribution is 2.26. The highest BCUT2D eigenvalue weighted by Gasteiger charge is 2.34. The summed E-state index contributed by atoms with van der Waals surface area (Å²) >= 11 is 0. The van der Waals surface area contributed by atoms with E-state index >= 15 is 0 Å². The van der Waals surface area contributed by atoms with Gasteiger partial charge >= 0.3 is 0 Å². The first-order valence-electron chi connectivity index (χ1n) is 7.34. The van der Waals surface area contributed by atoms with Crippen LogP contribution >= 0.6 is 0 Å². The molecule has 0 radical (unpaired) electrons. The molecule has 3 N–H and O–H groups in total. The van der Waals surface area contributed by atoms with E-state index in [4.69, 9.17) is 5.84 Å². The number of nitrogens with two attached hydrogens (primary N) is 1. The van der Waals surface area contributed by atoms with Gasteiger partial charge in [0.05, 0.1) is 0 Å². The number of hydrogen-bond donors (Lipinski definition) is 2. The van der Waals surface area contributed by atoms with E-state index in [0.717, 1.165) is 12.8 Å². The SMILES string of the molecule is C=C(C)CCC(NN)C(C)(C)N1CCCCCC1. The summed E-state index contributed by atoms with van der Waals surface area (Å²) in [6, 6.07) is 0.326. The fourth-order valence-electron chi connectivity index (χ4n) is 2.90. The molecule has 3 nitrogen and oxygen atoms in total. The van der Waals surface area contributed by atoms with Gasteiger partial charge < -0.3 is 0 Å². The Morgan fingerprint density at radius 3 is 2.28 bits per heavy atom. The summed E-state index contributed by atoms with van der Waals surface area (Å²) < 4.78 is 0. The second kappa shape index (κ2) is 7.27. The van der Waals surface area contributed by atoms with Gasteiger partial charge in [-0.3, -0.25) is 16.2 Å². The van der Waals surface area contributed by atoms with Crippen molar-refractivity contribution < 1.29 is 0 Å². The molecular formula is C15H31N3. The minimum absolute atomic E-state index is 0.120. The molecule has 18 heavy (non-hydrogen) atoms. The lowest BCUT2D eigenvalue weighted by Gasteiger charge is -2.43. The molecule has 0 bridgehead atoms. The molecule has 1 saturated heterocycles. The van der Waals surface area contributed by atoms with Crippen LogP contribution in [0.4, 0.5) is 0 Å². The number of allylic oxidation sites excluding steroid dienone is 1. The number of likely N-dealkylation sites (tertiary alicyclic amines) is 1. The Balaban J connectivity index is 2.63. The first kappa shape index (κ1) is 15.7. The van der Waals surface area contributed by atoms with Gasteiger partial charge in [-0.2, -0.15) is 0 Å². The third-order valence-corrected chi connectivity index (χ3v) is 4.33. The molecule has 3 heteroatoms. The van der Waals surface area contributed by atoms with Crippen LogP contribution in [0.2, 0.25) is 0 Å². The Labute approximate surface area is 113 Å². The Morgan fingerprint density at radius 2 is 1.83 bits per heavy atom. The third-order valence-electron chi connectivity index (χ3n) is 4.33. The molecule has 1 unspecified atom stereocenters. The summed E-state index contributed by atoms with van der Waals surface area (Å²) in [7, 11) is 0. The first-order chi connectivity index (χ1) is 8.48. The zero-order chi connectivity index (χ0) is 13.6. The monoisotopic (exact) mass is 253 g/mol. The quantitative estimate of drug-likeness (QED) is 0.434. The Bertz CT molecular complexity index is 252. The number of rotatable bonds is 6. The molecule has 0 spiro atoms. The van der Waals surface area contributed by atoms with Gasteiger partial charge in [0, 0.05) is 11.6 Å². The number of nitrogens with zero attached hydrogens (tertiary/aromatic N) is 1. The minimum atomic E-state index is 0.120. The minimum Gasteiger partial charge on any atom is -0.297 e. The van der Waals surface area contributed by atoms with E-state index in [1.54, 1.807) is 0 Å². The molecule has 1 rings (SSSR count). The van der Waals surface area contributed by atoms with Crippen molar-refractivity contribution in [1.29, 1.82) is 0 Å². The van der Waals surface area contributed by atoms with Crippen molar-refractivity contribution in [1.82, 2.24) is 10.3 Å². The molecule has 0 aromatic carbocycles. The van der Waals surface area contributed by atoms with Crippen LogP contribution in [0.15, 0.2) is 12.2 Å². The average Bonchev–Trinajstić information content (AvgIpc) is 2.57. The van der Waals surface area contributed by atoms with Crippen LogP contribution in [-0.2, 0) is 0 Å². The average molecular weight is 253 g/mol. The van der Waals surface area contributed by atoms with E-state index in [-0.39, 0.29) is 5.54 Å². The summed E-state index contributed by atoms with van der Waals surface area (Å²) in [6.45, 7) is 13.1. The van der Waals surface area contributed by atoms with Crippen molar-refractivity contribution in [3.8, 4) is 0 Å². The van der Waals surface area contributed by atoms with Crippen LogP contribution in [0, 0.1) is 0 Å². The summed E-state index contributed by atoms with van der Waals surface area (Å²) in [5.41, 5.74) is 4.39. The molecule has 0 amide bonds. The number of nitrogens with one attached hydrogen (secondary N) is 1. The van der Waals surface area contributed by atoms with E-state index < -0.39 is 0 Å². The maximum atomic E-state index is 5.78. The largest absolute Gasteiger partial charge is 0.297 e. The van der Waals surface area contributed by atoms with E-state index in [1.165, 1.54) is 44.3 Å². The predicted molar refractivity (Wildman–Crippen MR) is 79.3 cm³/mol. The van der Waals surface area contributed by atoms with Crippen molar-refractivity contribution in [2.45, 2.75) is 70.9 Å². The summed E-state index contributed by atoms with van der Waals surface area (Å²) in [6.07, 6.45) is 7.50. The molecule has 1 aliphatic heterocycles. The molecule has 0 saturated carbocycles. The fraction of sp³-hybridized carbons (Fsp3) is 0.867. The Hall–Kier alpha value is -0.380. The maximum absolute atomic E-state index is 5.78. The van der Waals surface area contributed by atoms with Gasteiger partial charge in [0.25, 0.3) is 0 Å². The van der Waals surface area contributed by atoms with E-state index in [9.17, 15) is 0 Å². The maximum Gasteiger partial charge on any atom is 0.0392 e. The van der Waals surface area contributed by atoms with Gasteiger partial charge in [-0.15, -0.1) is 6.58 Å². The Morgan fingerprint density at radius 1 is 1.28 bits per heavy atom. The standard InChI is InChI=1S/C15H31N3/c1-13(2)9-10-14(17-16)15(3,4)18-11-7-5-6-8-12-18/h14,17H,1,5-12,16H2,2-4H3. The van der Waals surface area contributed by atoms with Gasteiger partial charge in [0.15, 0.2) is 0 Å². The summed E-state index contributed by atoms with van der Waals surface area (Å²) in [4.78, 5) is 2.61. The second-order valence-corrected chi connectivity index (χ2v) is 6.27. The normalized spacial score (nSPS) is 20.4. The number of hydrazine groups is 1. The van der Waals surface area contributed by atoms with Crippen molar-refractivity contribution >= 4 is 0 Å². The lowest BCUT2D eigenvalue weighted by atomic mass is 9.88. The zero-order valence-electron chi connectivity index (χ0n) is 12.5. The van der Waals surface area contributed by atoms with Crippen LogP contribution in [0.5, 0.6) is 0 Å². The lowest BCUT2D eigenvalue weighted by Crippen LogP contribution is -2.59. The van der Waals surface area contributed by atoms with Gasteiger partial charge in [-0.1, -0.05) is 18.4 Å². The fourth-order valence-corrected chi connectivity index (χ4v) is 2.90. The van der Waals surface area contributed by atoms with Gasteiger partial charge in [0.2, 0.25) is 0 Å². The molecular weight excluding hydrogens is 222 g/mol. The van der Waals surface area contributed by atoms with Gasteiger partial charge in [0.1, 0.15) is 0 Å². The molecule has 1 heterocycles. The van der Waals surface area contributed by atoms with Crippen molar-refractivity contribution in [3.05, 3.63) is 12.2 Å². The van der Waals surface area contributed by atoms with Crippen LogP contribution in [0.1, 0.15) is 59.3 Å². The van der Waals surface area contributed by atoms with Crippen LogP contribution < -0.4 is 11.3 Å². The predicted octanol–water partition coefficient (Wildman–Crippen LogP) is 2.83. The first-order valence-corrected chi connectivity index (χ1v) is 7.34. The number of hydrogen-bond acceptors (Lipinski definition) is 3. The molecule has 0 aliphatic carbocycles. The molecule has 1 aliphatic rings. The lowest BCUT2D eigenvalue weighted by molar-refractivity contribution is 0.0802. The third kappa shape index (κ3) is 4.38. The van der Waals surface area contributed by atoms with Crippen molar-refractivity contribution in [3.63, 3.8) is 0 Å². The van der Waals surface area contributed by atoms with Gasteiger partial charge in [-0.25, -0.2) is 0 Å². The molecule has 0 aromatic rings. The summed E-state index contributed by atoms with van der Waals surface area (Å²) in [5, 5.41) is 0. The smallest absolute Gasteiger partial charge is 0.0392 e. The van der Waals surface area contributed by atoms with Crippen LogP contribution in [0.3, 0.4) is 0 Å². The molecule has 106 valence electrons. The molecule has 1 fully saturated rings. The van der Waals surface area contributed by atoms with E-state index in [2.05, 4.69) is 37.7 Å². The zero-order valence-corrected chi connectivity index (χ0v) is 12.5. The van der Waals surface area contributed by atoms with E-state index in [1.807, 2.05) is 0 Å². The summed E-state index contributed by atoms with van der Waals surface area (Å²) in [5.74, 6) is 5.78. The second-order valence-electron chi connectivity index (χ2n) is 6.27. The topological polar surface area (TPSA) is 41.3 Å². The van der Waals surface area contributed by atoms with Gasteiger partial charge in [-0.05, 0) is 59.5 Å². The Kier molecular flexibility index (Phi) is 6.33. The van der Waals surface area contributed by atoms with Crippen LogP contribution in [0.25, 0.3) is 0 Å². The molecule has 1 atom stereocenters. The van der Waals surface area contributed by atoms with Crippen molar-refractivity contribution in [2.24, 2.45) is 5.84 Å². The van der Waals surface area contributed by atoms with Crippen LogP contribution in [-0.4, -0.2) is 29.6 Å². The highest BCUT2D eigenvalue weighted by atomic mass is 15.3.